The molecule has 312 valence electrons. The molecule has 1 heterocycles. The monoisotopic (exact) mass is 767 g/mol. The summed E-state index contributed by atoms with van der Waals surface area (Å²) in [6.45, 7) is 19.9. The van der Waals surface area contributed by atoms with Gasteiger partial charge in [-0.05, 0) is 96.3 Å². The molecule has 54 heavy (non-hydrogen) atoms. The molecule has 0 saturated carbocycles. The van der Waals surface area contributed by atoms with Crippen molar-refractivity contribution in [3.8, 4) is 0 Å². The Hall–Kier alpha value is -2.13. The fourth-order valence-electron chi connectivity index (χ4n) is 5.62. The molecule has 0 aliphatic carbocycles. The van der Waals surface area contributed by atoms with Gasteiger partial charge < -0.3 is 53.6 Å². The number of amides is 1. The van der Waals surface area contributed by atoms with E-state index in [0.717, 1.165) is 69.2 Å². The molecule has 1 aromatic rings. The van der Waals surface area contributed by atoms with Crippen LogP contribution in [0.2, 0.25) is 0 Å². The Morgan fingerprint density at radius 2 is 1.35 bits per heavy atom. The van der Waals surface area contributed by atoms with Gasteiger partial charge in [0.2, 0.25) is 5.91 Å². The molecule has 12 heteroatoms. The Morgan fingerprint density at radius 3 is 1.98 bits per heavy atom. The number of ether oxygens (including phenoxy) is 8. The van der Waals surface area contributed by atoms with E-state index < -0.39 is 0 Å². The summed E-state index contributed by atoms with van der Waals surface area (Å²) >= 11 is 0. The SMILES string of the molecule is C=C(CCCCCNC(=O)CCOCCCCCOCCOCCOCCOCCOC(C)(C)C)Nc1ccc(CCOC2CC(O)CC(CC)O2)cc1. The fourth-order valence-corrected chi connectivity index (χ4v) is 5.62. The number of carbonyl (C=O) groups is 1. The Bertz CT molecular complexity index is 1070. The van der Waals surface area contributed by atoms with Crippen LogP contribution in [-0.2, 0) is 49.1 Å². The first kappa shape index (κ1) is 48.0. The first-order valence-corrected chi connectivity index (χ1v) is 20.4. The Labute approximate surface area is 326 Å². The van der Waals surface area contributed by atoms with Crippen molar-refractivity contribution in [1.29, 1.82) is 0 Å². The van der Waals surface area contributed by atoms with Gasteiger partial charge in [0.25, 0.3) is 0 Å². The van der Waals surface area contributed by atoms with Gasteiger partial charge in [-0.25, -0.2) is 0 Å². The van der Waals surface area contributed by atoms with Crippen LogP contribution in [0.4, 0.5) is 5.69 Å². The van der Waals surface area contributed by atoms with Crippen LogP contribution in [-0.4, -0.2) is 121 Å². The maximum atomic E-state index is 12.1. The third kappa shape index (κ3) is 27.5. The summed E-state index contributed by atoms with van der Waals surface area (Å²) in [6, 6.07) is 8.32. The van der Waals surface area contributed by atoms with Crippen LogP contribution < -0.4 is 10.6 Å². The summed E-state index contributed by atoms with van der Waals surface area (Å²) < 4.78 is 45.1. The van der Waals surface area contributed by atoms with Gasteiger partial charge in [-0.2, -0.15) is 0 Å². The van der Waals surface area contributed by atoms with E-state index in [9.17, 15) is 9.90 Å². The minimum Gasteiger partial charge on any atom is -0.393 e. The predicted octanol–water partition coefficient (Wildman–Crippen LogP) is 6.58. The van der Waals surface area contributed by atoms with Crippen LogP contribution in [0.15, 0.2) is 36.5 Å². The third-order valence-electron chi connectivity index (χ3n) is 8.68. The number of allylic oxidation sites excluding steroid dienone is 1. The molecule has 0 aromatic heterocycles. The lowest BCUT2D eigenvalue weighted by molar-refractivity contribution is -0.214. The van der Waals surface area contributed by atoms with Crippen LogP contribution in [0.5, 0.6) is 0 Å². The second kappa shape index (κ2) is 31.0. The molecule has 3 unspecified atom stereocenters. The number of aliphatic hydroxyl groups is 1. The van der Waals surface area contributed by atoms with Gasteiger partial charge in [0.15, 0.2) is 6.29 Å². The van der Waals surface area contributed by atoms with Crippen LogP contribution in [0.3, 0.4) is 0 Å². The number of hydrogen-bond donors (Lipinski definition) is 3. The summed E-state index contributed by atoms with van der Waals surface area (Å²) in [7, 11) is 0. The molecule has 3 N–H and O–H groups in total. The van der Waals surface area contributed by atoms with E-state index in [-0.39, 0.29) is 30.0 Å². The number of unbranched alkanes of at least 4 members (excludes halogenated alkanes) is 4. The number of rotatable bonds is 34. The molecule has 12 nitrogen and oxygen atoms in total. The van der Waals surface area contributed by atoms with Crippen molar-refractivity contribution in [1.82, 2.24) is 5.32 Å². The summed E-state index contributed by atoms with van der Waals surface area (Å²) in [5, 5.41) is 16.4. The number of nitrogens with one attached hydrogen (secondary N) is 2. The third-order valence-corrected chi connectivity index (χ3v) is 8.68. The van der Waals surface area contributed by atoms with Gasteiger partial charge in [0.05, 0.1) is 83.9 Å². The standard InChI is InChI=1S/C42H74N2O10/c1-6-39-33-38(45)34-41(54-39)52-24-18-36-14-16-37(17-15-36)44-35(2)13-9-7-10-20-43-40(46)19-23-47-21-11-8-12-22-48-25-26-49-27-28-50-29-30-51-31-32-53-42(3,4)5/h14-17,38-39,41,44-45H,2,6-13,18-34H2,1,3-5H3,(H,43,46). The summed E-state index contributed by atoms with van der Waals surface area (Å²) in [5.41, 5.74) is 3.06. The van der Waals surface area contributed by atoms with Gasteiger partial charge in [0.1, 0.15) is 0 Å². The van der Waals surface area contributed by atoms with Crippen LogP contribution in [0.25, 0.3) is 0 Å². The molecule has 1 aliphatic rings. The van der Waals surface area contributed by atoms with Crippen molar-refractivity contribution < 1.29 is 47.8 Å². The van der Waals surface area contributed by atoms with Crippen LogP contribution >= 0.6 is 0 Å². The summed E-state index contributed by atoms with van der Waals surface area (Å²) in [5.74, 6) is 0.0381. The number of aliphatic hydroxyl groups excluding tert-OH is 1. The van der Waals surface area contributed by atoms with Crippen molar-refractivity contribution in [2.45, 2.75) is 129 Å². The van der Waals surface area contributed by atoms with Gasteiger partial charge >= 0.3 is 0 Å². The molecule has 1 fully saturated rings. The zero-order valence-corrected chi connectivity index (χ0v) is 34.0. The largest absolute Gasteiger partial charge is 0.393 e. The zero-order valence-electron chi connectivity index (χ0n) is 34.0. The first-order chi connectivity index (χ1) is 26.1. The Kier molecular flexibility index (Phi) is 27.6. The number of benzene rings is 1. The topological polar surface area (TPSA) is 135 Å². The van der Waals surface area contributed by atoms with Gasteiger partial charge in [-0.15, -0.1) is 0 Å². The second-order valence-corrected chi connectivity index (χ2v) is 14.8. The van der Waals surface area contributed by atoms with Crippen molar-refractivity contribution in [3.63, 3.8) is 0 Å². The molecule has 1 saturated heterocycles. The molecular formula is C42H74N2O10. The van der Waals surface area contributed by atoms with Gasteiger partial charge in [-0.3, -0.25) is 4.79 Å². The number of hydrogen-bond acceptors (Lipinski definition) is 11. The van der Waals surface area contributed by atoms with Crippen LogP contribution in [0.1, 0.15) is 104 Å². The quantitative estimate of drug-likeness (QED) is 0.0657. The smallest absolute Gasteiger partial charge is 0.222 e. The van der Waals surface area contributed by atoms with E-state index in [2.05, 4.69) is 48.4 Å². The van der Waals surface area contributed by atoms with E-state index in [4.69, 9.17) is 37.9 Å². The van der Waals surface area contributed by atoms with E-state index in [1.807, 2.05) is 20.8 Å². The summed E-state index contributed by atoms with van der Waals surface area (Å²) in [4.78, 5) is 12.1. The number of anilines is 1. The number of carbonyl (C=O) groups excluding carboxylic acids is 1. The van der Waals surface area contributed by atoms with Gasteiger partial charge in [0, 0.05) is 44.0 Å². The molecule has 1 aromatic carbocycles. The highest BCUT2D eigenvalue weighted by atomic mass is 16.7. The van der Waals surface area contributed by atoms with Crippen molar-refractivity contribution in [2.75, 3.05) is 91.1 Å². The molecule has 1 aliphatic heterocycles. The van der Waals surface area contributed by atoms with E-state index in [0.29, 0.717) is 105 Å². The maximum Gasteiger partial charge on any atom is 0.222 e. The van der Waals surface area contributed by atoms with Crippen LogP contribution in [0, 0.1) is 0 Å². The molecule has 0 radical (unpaired) electrons. The second-order valence-electron chi connectivity index (χ2n) is 14.8. The normalized spacial score (nSPS) is 17.5. The fraction of sp³-hybridized carbons (Fsp3) is 0.786. The molecule has 3 atom stereocenters. The zero-order chi connectivity index (χ0) is 39.1. The maximum absolute atomic E-state index is 12.1. The van der Waals surface area contributed by atoms with E-state index in [1.54, 1.807) is 0 Å². The molecule has 1 amide bonds. The molecule has 2 rings (SSSR count). The van der Waals surface area contributed by atoms with E-state index in [1.165, 1.54) is 5.56 Å². The molecule has 0 bridgehead atoms. The minimum atomic E-state index is -0.346. The average molecular weight is 767 g/mol. The predicted molar refractivity (Wildman–Crippen MR) is 213 cm³/mol. The van der Waals surface area contributed by atoms with Crippen molar-refractivity contribution in [3.05, 3.63) is 42.1 Å². The lowest BCUT2D eigenvalue weighted by atomic mass is 10.0. The average Bonchev–Trinajstić information content (AvgIpc) is 3.13. The Morgan fingerprint density at radius 1 is 0.759 bits per heavy atom. The van der Waals surface area contributed by atoms with Crippen molar-refractivity contribution in [2.24, 2.45) is 0 Å². The lowest BCUT2D eigenvalue weighted by Gasteiger charge is -2.32. The van der Waals surface area contributed by atoms with Gasteiger partial charge in [-0.1, -0.05) is 32.1 Å². The first-order valence-electron chi connectivity index (χ1n) is 20.4. The summed E-state index contributed by atoms with van der Waals surface area (Å²) in [6.07, 6.45) is 9.51. The van der Waals surface area contributed by atoms with Crippen molar-refractivity contribution >= 4 is 11.6 Å². The molecular weight excluding hydrogens is 692 g/mol. The highest BCUT2D eigenvalue weighted by molar-refractivity contribution is 5.75. The highest BCUT2D eigenvalue weighted by Crippen LogP contribution is 2.23. The highest BCUT2D eigenvalue weighted by Gasteiger charge is 2.27. The Balaban J connectivity index is 1.29. The minimum absolute atomic E-state index is 0.0381. The lowest BCUT2D eigenvalue weighted by Crippen LogP contribution is -2.37. The molecule has 0 spiro atoms. The van der Waals surface area contributed by atoms with E-state index >= 15 is 0 Å².